The summed E-state index contributed by atoms with van der Waals surface area (Å²) in [4.78, 5) is 12.8. The Labute approximate surface area is 211 Å². The molecule has 3 aromatic carbocycles. The molecule has 8 heteroatoms. The molecule has 0 saturated carbocycles. The Bertz CT molecular complexity index is 1230. The summed E-state index contributed by atoms with van der Waals surface area (Å²) in [5, 5.41) is 3.28. The zero-order valence-corrected chi connectivity index (χ0v) is 21.9. The van der Waals surface area contributed by atoms with Crippen molar-refractivity contribution in [3.05, 3.63) is 94.0 Å². The van der Waals surface area contributed by atoms with E-state index in [9.17, 15) is 13.2 Å². The van der Waals surface area contributed by atoms with Crippen molar-refractivity contribution in [1.29, 1.82) is 0 Å². The number of carbonyl (C=O) groups excluding carboxylic acids is 1. The average Bonchev–Trinajstić information content (AvgIpc) is 2.80. The third-order valence-corrected chi connectivity index (χ3v) is 8.52. The average molecular weight is 517 g/mol. The molecule has 34 heavy (non-hydrogen) atoms. The third kappa shape index (κ3) is 7.01. The SMILES string of the molecule is Cc1ccc(CSCCNC(=O)CN(c2ccc(C)c(Cl)c2)S(=O)(=O)c2ccc(C)cc2)cc1. The Balaban J connectivity index is 1.67. The van der Waals surface area contributed by atoms with E-state index in [1.54, 1.807) is 54.2 Å². The Morgan fingerprint density at radius 1 is 0.941 bits per heavy atom. The number of amides is 1. The second-order valence-corrected chi connectivity index (χ2v) is 11.5. The molecule has 1 amide bonds. The zero-order chi connectivity index (χ0) is 24.7. The van der Waals surface area contributed by atoms with Crippen LogP contribution in [-0.4, -0.2) is 33.2 Å². The molecular formula is C26H29ClN2O3S2. The van der Waals surface area contributed by atoms with E-state index >= 15 is 0 Å². The maximum Gasteiger partial charge on any atom is 0.264 e. The van der Waals surface area contributed by atoms with Crippen molar-refractivity contribution in [2.75, 3.05) is 23.1 Å². The quantitative estimate of drug-likeness (QED) is 0.361. The van der Waals surface area contributed by atoms with Gasteiger partial charge in [0.2, 0.25) is 5.91 Å². The molecule has 180 valence electrons. The molecule has 0 atom stereocenters. The van der Waals surface area contributed by atoms with Crippen molar-refractivity contribution < 1.29 is 13.2 Å². The first kappa shape index (κ1) is 26.1. The van der Waals surface area contributed by atoms with Gasteiger partial charge in [-0.1, -0.05) is 65.2 Å². The number of rotatable bonds is 10. The normalized spacial score (nSPS) is 11.3. The fraction of sp³-hybridized carbons (Fsp3) is 0.269. The van der Waals surface area contributed by atoms with E-state index in [-0.39, 0.29) is 17.3 Å². The van der Waals surface area contributed by atoms with Gasteiger partial charge in [-0.25, -0.2) is 8.42 Å². The fourth-order valence-electron chi connectivity index (χ4n) is 3.21. The highest BCUT2D eigenvalue weighted by Gasteiger charge is 2.27. The minimum Gasteiger partial charge on any atom is -0.354 e. The molecule has 0 bridgehead atoms. The molecule has 3 rings (SSSR count). The maximum absolute atomic E-state index is 13.4. The van der Waals surface area contributed by atoms with E-state index in [1.165, 1.54) is 11.1 Å². The van der Waals surface area contributed by atoms with Crippen LogP contribution >= 0.6 is 23.4 Å². The van der Waals surface area contributed by atoms with Crippen molar-refractivity contribution in [2.24, 2.45) is 0 Å². The van der Waals surface area contributed by atoms with Gasteiger partial charge in [0.15, 0.2) is 0 Å². The summed E-state index contributed by atoms with van der Waals surface area (Å²) in [6.45, 7) is 5.89. The zero-order valence-electron chi connectivity index (χ0n) is 19.5. The Morgan fingerprint density at radius 3 is 2.18 bits per heavy atom. The number of thioether (sulfide) groups is 1. The summed E-state index contributed by atoms with van der Waals surface area (Å²) in [7, 11) is -3.96. The van der Waals surface area contributed by atoms with Crippen molar-refractivity contribution in [1.82, 2.24) is 5.32 Å². The van der Waals surface area contributed by atoms with E-state index in [2.05, 4.69) is 36.5 Å². The first-order valence-corrected chi connectivity index (χ1v) is 13.9. The van der Waals surface area contributed by atoms with Crippen LogP contribution in [0.1, 0.15) is 22.3 Å². The second-order valence-electron chi connectivity index (χ2n) is 8.15. The number of nitrogens with one attached hydrogen (secondary N) is 1. The number of carbonyl (C=O) groups is 1. The van der Waals surface area contributed by atoms with E-state index in [0.29, 0.717) is 17.3 Å². The predicted octanol–water partition coefficient (Wildman–Crippen LogP) is 5.51. The largest absolute Gasteiger partial charge is 0.354 e. The summed E-state index contributed by atoms with van der Waals surface area (Å²) in [6, 6.07) is 19.9. The van der Waals surface area contributed by atoms with Crippen LogP contribution in [0.5, 0.6) is 0 Å². The van der Waals surface area contributed by atoms with Crippen molar-refractivity contribution in [3.63, 3.8) is 0 Å². The molecule has 0 heterocycles. The van der Waals surface area contributed by atoms with Crippen LogP contribution in [0.3, 0.4) is 0 Å². The van der Waals surface area contributed by atoms with Gasteiger partial charge < -0.3 is 5.32 Å². The molecule has 0 radical (unpaired) electrons. The van der Waals surface area contributed by atoms with E-state index < -0.39 is 10.0 Å². The molecule has 0 saturated heterocycles. The van der Waals surface area contributed by atoms with Gasteiger partial charge in [0, 0.05) is 23.1 Å². The van der Waals surface area contributed by atoms with E-state index in [1.807, 2.05) is 13.8 Å². The molecule has 3 aromatic rings. The minimum atomic E-state index is -3.96. The van der Waals surface area contributed by atoms with E-state index in [0.717, 1.165) is 26.9 Å². The van der Waals surface area contributed by atoms with Gasteiger partial charge in [-0.15, -0.1) is 0 Å². The standard InChI is InChI=1S/C26H29ClN2O3S2/c1-19-4-9-22(10-5-19)18-33-15-14-28-26(30)17-29(23-11-8-21(3)25(27)16-23)34(31,32)24-12-6-20(2)7-13-24/h4-13,16H,14-15,17-18H2,1-3H3,(H,28,30). The summed E-state index contributed by atoms with van der Waals surface area (Å²) in [5.41, 5.74) is 4.58. The second kappa shape index (κ2) is 11.8. The van der Waals surface area contributed by atoms with Crippen molar-refractivity contribution in [3.8, 4) is 0 Å². The number of sulfonamides is 1. The van der Waals surface area contributed by atoms with Gasteiger partial charge in [-0.05, 0) is 56.2 Å². The van der Waals surface area contributed by atoms with Gasteiger partial charge >= 0.3 is 0 Å². The highest BCUT2D eigenvalue weighted by atomic mass is 35.5. The number of hydrogen-bond acceptors (Lipinski definition) is 4. The van der Waals surface area contributed by atoms with Crippen molar-refractivity contribution >= 4 is 45.0 Å². The smallest absolute Gasteiger partial charge is 0.264 e. The summed E-state index contributed by atoms with van der Waals surface area (Å²) in [6.07, 6.45) is 0. The summed E-state index contributed by atoms with van der Waals surface area (Å²) >= 11 is 7.98. The first-order chi connectivity index (χ1) is 16.2. The lowest BCUT2D eigenvalue weighted by atomic mass is 10.2. The molecule has 1 N–H and O–H groups in total. The van der Waals surface area contributed by atoms with Gasteiger partial charge in [-0.2, -0.15) is 11.8 Å². The van der Waals surface area contributed by atoms with Crippen LogP contribution in [0.4, 0.5) is 5.69 Å². The summed E-state index contributed by atoms with van der Waals surface area (Å²) in [5.74, 6) is 1.20. The van der Waals surface area contributed by atoms with Crippen LogP contribution in [-0.2, 0) is 20.6 Å². The molecule has 0 spiro atoms. The van der Waals surface area contributed by atoms with Crippen LogP contribution in [0, 0.1) is 20.8 Å². The number of halogens is 1. The molecule has 0 aromatic heterocycles. The number of hydrogen-bond donors (Lipinski definition) is 1. The number of nitrogens with zero attached hydrogens (tertiary/aromatic N) is 1. The molecule has 0 aliphatic rings. The molecule has 0 aliphatic heterocycles. The molecule has 0 unspecified atom stereocenters. The lowest BCUT2D eigenvalue weighted by Crippen LogP contribution is -2.41. The third-order valence-electron chi connectivity index (χ3n) is 5.30. The lowest BCUT2D eigenvalue weighted by molar-refractivity contribution is -0.119. The molecule has 0 fully saturated rings. The minimum absolute atomic E-state index is 0.122. The summed E-state index contributed by atoms with van der Waals surface area (Å²) < 4.78 is 28.0. The molecule has 0 aliphatic carbocycles. The van der Waals surface area contributed by atoms with Gasteiger partial charge in [0.25, 0.3) is 10.0 Å². The van der Waals surface area contributed by atoms with Crippen molar-refractivity contribution in [2.45, 2.75) is 31.4 Å². The highest BCUT2D eigenvalue weighted by molar-refractivity contribution is 7.98. The van der Waals surface area contributed by atoms with Gasteiger partial charge in [0.1, 0.15) is 6.54 Å². The Morgan fingerprint density at radius 2 is 1.56 bits per heavy atom. The fourth-order valence-corrected chi connectivity index (χ4v) is 5.62. The molecular weight excluding hydrogens is 488 g/mol. The predicted molar refractivity (Wildman–Crippen MR) is 142 cm³/mol. The van der Waals surface area contributed by atoms with Gasteiger partial charge in [-0.3, -0.25) is 9.10 Å². The van der Waals surface area contributed by atoms with Crippen LogP contribution in [0.15, 0.2) is 71.6 Å². The molecule has 5 nitrogen and oxygen atoms in total. The Hall–Kier alpha value is -2.48. The Kier molecular flexibility index (Phi) is 9.05. The van der Waals surface area contributed by atoms with E-state index in [4.69, 9.17) is 11.6 Å². The first-order valence-electron chi connectivity index (χ1n) is 10.9. The van der Waals surface area contributed by atoms with Gasteiger partial charge in [0.05, 0.1) is 10.6 Å². The highest BCUT2D eigenvalue weighted by Crippen LogP contribution is 2.28. The van der Waals surface area contributed by atoms with Crippen LogP contribution in [0.25, 0.3) is 0 Å². The number of aryl methyl sites for hydroxylation is 3. The van der Waals surface area contributed by atoms with Crippen LogP contribution < -0.4 is 9.62 Å². The van der Waals surface area contributed by atoms with Crippen LogP contribution in [0.2, 0.25) is 5.02 Å². The lowest BCUT2D eigenvalue weighted by Gasteiger charge is -2.24. The topological polar surface area (TPSA) is 66.5 Å². The maximum atomic E-state index is 13.4. The number of benzene rings is 3. The number of anilines is 1. The monoisotopic (exact) mass is 516 g/mol.